The van der Waals surface area contributed by atoms with E-state index < -0.39 is 5.54 Å². The van der Waals surface area contributed by atoms with Gasteiger partial charge in [-0.15, -0.1) is 0 Å². The van der Waals surface area contributed by atoms with E-state index in [2.05, 4.69) is 5.32 Å². The van der Waals surface area contributed by atoms with Crippen LogP contribution in [0.25, 0.3) is 0 Å². The van der Waals surface area contributed by atoms with Gasteiger partial charge in [0.1, 0.15) is 6.10 Å². The van der Waals surface area contributed by atoms with Gasteiger partial charge in [-0.2, -0.15) is 0 Å². The molecule has 0 aromatic heterocycles. The molecule has 1 heterocycles. The van der Waals surface area contributed by atoms with Crippen LogP contribution in [-0.2, 0) is 14.3 Å². The highest BCUT2D eigenvalue weighted by atomic mass is 16.6. The monoisotopic (exact) mass is 216 g/mol. The predicted octanol–water partition coefficient (Wildman–Crippen LogP) is -0.355. The van der Waals surface area contributed by atoms with Gasteiger partial charge in [-0.1, -0.05) is 6.92 Å². The average molecular weight is 216 g/mol. The second-order valence-corrected chi connectivity index (χ2v) is 4.01. The zero-order chi connectivity index (χ0) is 11.3. The van der Waals surface area contributed by atoms with Crippen molar-refractivity contribution in [3.05, 3.63) is 0 Å². The Balaban J connectivity index is 2.26. The molecule has 5 heteroatoms. The number of nitrogens with two attached hydrogens (primary N) is 1. The quantitative estimate of drug-likeness (QED) is 0.610. The number of carbonyl (C=O) groups is 1. The third kappa shape index (κ3) is 3.44. The highest BCUT2D eigenvalue weighted by Crippen LogP contribution is 2.12. The van der Waals surface area contributed by atoms with E-state index in [1.807, 2.05) is 6.92 Å². The molecule has 0 aromatic carbocycles. The molecule has 88 valence electrons. The first-order valence-electron chi connectivity index (χ1n) is 5.33. The Bertz CT molecular complexity index is 219. The number of hydrogen-bond acceptors (Lipinski definition) is 4. The lowest BCUT2D eigenvalue weighted by Gasteiger charge is -2.30. The molecule has 0 spiro atoms. The van der Waals surface area contributed by atoms with Crippen LogP contribution in [0.5, 0.6) is 0 Å². The number of rotatable bonds is 7. The number of primary amides is 1. The van der Waals surface area contributed by atoms with Crippen molar-refractivity contribution >= 4 is 5.91 Å². The summed E-state index contributed by atoms with van der Waals surface area (Å²) in [5, 5.41) is 3.08. The molecule has 0 aliphatic carbocycles. The predicted molar refractivity (Wildman–Crippen MR) is 56.5 cm³/mol. The molecule has 0 aromatic rings. The zero-order valence-electron chi connectivity index (χ0n) is 9.41. The van der Waals surface area contributed by atoms with Crippen molar-refractivity contribution in [2.24, 2.45) is 5.73 Å². The molecule has 1 saturated heterocycles. The Morgan fingerprint density at radius 1 is 1.67 bits per heavy atom. The highest BCUT2D eigenvalue weighted by Gasteiger charge is 2.30. The summed E-state index contributed by atoms with van der Waals surface area (Å²) in [6.07, 6.45) is 0.788. The van der Waals surface area contributed by atoms with E-state index in [0.717, 1.165) is 0 Å². The van der Waals surface area contributed by atoms with Crippen LogP contribution in [0.2, 0.25) is 0 Å². The molecule has 1 rings (SSSR count). The fourth-order valence-electron chi connectivity index (χ4n) is 1.43. The van der Waals surface area contributed by atoms with Gasteiger partial charge in [0.25, 0.3) is 0 Å². The molecule has 1 unspecified atom stereocenters. The van der Waals surface area contributed by atoms with Crippen LogP contribution in [0.3, 0.4) is 0 Å². The van der Waals surface area contributed by atoms with Crippen LogP contribution in [0, 0.1) is 0 Å². The molecule has 3 N–H and O–H groups in total. The minimum absolute atomic E-state index is 0.198. The maximum absolute atomic E-state index is 11.2. The van der Waals surface area contributed by atoms with Crippen LogP contribution >= 0.6 is 0 Å². The van der Waals surface area contributed by atoms with Crippen molar-refractivity contribution < 1.29 is 14.3 Å². The number of hydrogen-bond donors (Lipinski definition) is 2. The molecule has 1 fully saturated rings. The average Bonchev–Trinajstić information content (AvgIpc) is 2.09. The van der Waals surface area contributed by atoms with E-state index >= 15 is 0 Å². The number of amides is 1. The van der Waals surface area contributed by atoms with Crippen LogP contribution in [-0.4, -0.2) is 43.9 Å². The van der Waals surface area contributed by atoms with Gasteiger partial charge in [0.05, 0.1) is 18.8 Å². The first-order valence-corrected chi connectivity index (χ1v) is 5.33. The van der Waals surface area contributed by atoms with Gasteiger partial charge < -0.3 is 20.5 Å². The lowest BCUT2D eigenvalue weighted by Crippen LogP contribution is -2.54. The fraction of sp³-hybridized carbons (Fsp3) is 0.900. The molecule has 5 nitrogen and oxygen atoms in total. The molecule has 1 aliphatic heterocycles. The topological polar surface area (TPSA) is 73.6 Å². The normalized spacial score (nSPS) is 20.7. The Hall–Kier alpha value is -0.650. The van der Waals surface area contributed by atoms with Crippen molar-refractivity contribution in [2.75, 3.05) is 26.4 Å². The molecule has 1 atom stereocenters. The number of nitrogens with one attached hydrogen (secondary N) is 1. The molecule has 15 heavy (non-hydrogen) atoms. The van der Waals surface area contributed by atoms with Crippen LogP contribution in [0.4, 0.5) is 0 Å². The number of ether oxygens (including phenoxy) is 2. The van der Waals surface area contributed by atoms with E-state index in [0.29, 0.717) is 32.8 Å². The summed E-state index contributed by atoms with van der Waals surface area (Å²) in [5.41, 5.74) is 4.67. The van der Waals surface area contributed by atoms with Crippen LogP contribution < -0.4 is 11.1 Å². The molecular weight excluding hydrogens is 196 g/mol. The van der Waals surface area contributed by atoms with E-state index in [1.54, 1.807) is 6.92 Å². The van der Waals surface area contributed by atoms with E-state index in [1.165, 1.54) is 0 Å². The van der Waals surface area contributed by atoms with Gasteiger partial charge >= 0.3 is 0 Å². The SMILES string of the molecule is CCNC(C)(CCOC1COC1)C(N)=O. The van der Waals surface area contributed by atoms with Gasteiger partial charge in [-0.05, 0) is 19.9 Å². The Labute approximate surface area is 90.3 Å². The smallest absolute Gasteiger partial charge is 0.237 e. The zero-order valence-corrected chi connectivity index (χ0v) is 9.41. The second-order valence-electron chi connectivity index (χ2n) is 4.01. The Kier molecular flexibility index (Phi) is 4.50. The van der Waals surface area contributed by atoms with Crippen molar-refractivity contribution in [3.8, 4) is 0 Å². The maximum atomic E-state index is 11.2. The molecule has 1 aliphatic rings. The first kappa shape index (κ1) is 12.4. The summed E-state index contributed by atoms with van der Waals surface area (Å²) in [5.74, 6) is -0.335. The van der Waals surface area contributed by atoms with Crippen LogP contribution in [0.1, 0.15) is 20.3 Å². The summed E-state index contributed by atoms with van der Waals surface area (Å²) in [4.78, 5) is 11.2. The first-order chi connectivity index (χ1) is 7.08. The minimum Gasteiger partial charge on any atom is -0.376 e. The molecule has 0 radical (unpaired) electrons. The van der Waals surface area contributed by atoms with Crippen molar-refractivity contribution in [2.45, 2.75) is 31.9 Å². The summed E-state index contributed by atoms with van der Waals surface area (Å²) in [6, 6.07) is 0. The van der Waals surface area contributed by atoms with E-state index in [4.69, 9.17) is 15.2 Å². The van der Waals surface area contributed by atoms with Crippen LogP contribution in [0.15, 0.2) is 0 Å². The molecular formula is C10H20N2O3. The van der Waals surface area contributed by atoms with E-state index in [-0.39, 0.29) is 12.0 Å². The van der Waals surface area contributed by atoms with Gasteiger partial charge in [0.2, 0.25) is 5.91 Å². The third-order valence-electron chi connectivity index (χ3n) is 2.67. The maximum Gasteiger partial charge on any atom is 0.237 e. The summed E-state index contributed by atoms with van der Waals surface area (Å²) < 4.78 is 10.5. The van der Waals surface area contributed by atoms with Gasteiger partial charge in [-0.25, -0.2) is 0 Å². The minimum atomic E-state index is -0.667. The van der Waals surface area contributed by atoms with Crippen molar-refractivity contribution in [1.29, 1.82) is 0 Å². The molecule has 1 amide bonds. The fourth-order valence-corrected chi connectivity index (χ4v) is 1.43. The summed E-state index contributed by atoms with van der Waals surface area (Å²) >= 11 is 0. The lowest BCUT2D eigenvalue weighted by molar-refractivity contribution is -0.136. The summed E-state index contributed by atoms with van der Waals surface area (Å²) in [7, 11) is 0. The highest BCUT2D eigenvalue weighted by molar-refractivity contribution is 5.84. The number of carbonyl (C=O) groups excluding carboxylic acids is 1. The van der Waals surface area contributed by atoms with E-state index in [9.17, 15) is 4.79 Å². The van der Waals surface area contributed by atoms with Gasteiger partial charge in [-0.3, -0.25) is 4.79 Å². The standard InChI is InChI=1S/C10H20N2O3/c1-3-12-10(2,9(11)13)4-5-15-8-6-14-7-8/h8,12H,3-7H2,1-2H3,(H2,11,13). The third-order valence-corrected chi connectivity index (χ3v) is 2.67. The van der Waals surface area contributed by atoms with Crippen molar-refractivity contribution in [3.63, 3.8) is 0 Å². The Morgan fingerprint density at radius 2 is 2.33 bits per heavy atom. The summed E-state index contributed by atoms with van der Waals surface area (Å²) in [6.45, 7) is 6.32. The largest absolute Gasteiger partial charge is 0.376 e. The second kappa shape index (κ2) is 5.44. The van der Waals surface area contributed by atoms with Gasteiger partial charge in [0, 0.05) is 6.61 Å². The number of likely N-dealkylation sites (N-methyl/N-ethyl adjacent to an activating group) is 1. The Morgan fingerprint density at radius 3 is 2.73 bits per heavy atom. The molecule has 0 bridgehead atoms. The van der Waals surface area contributed by atoms with Crippen molar-refractivity contribution in [1.82, 2.24) is 5.32 Å². The lowest BCUT2D eigenvalue weighted by atomic mass is 9.97. The molecule has 0 saturated carbocycles. The van der Waals surface area contributed by atoms with Gasteiger partial charge in [0.15, 0.2) is 0 Å².